The van der Waals surface area contributed by atoms with Crippen molar-refractivity contribution in [1.82, 2.24) is 20.4 Å². The van der Waals surface area contributed by atoms with Crippen molar-refractivity contribution in [3.05, 3.63) is 112 Å². The zero-order chi connectivity index (χ0) is 20.8. The standard InChI is InChI=1S/C24H24N4OS/c1-18-5-11-21(12-6-18)23(22-4-2-15-30-22)27-24(29)25-16-19-7-9-20(10-8-19)17-28-14-3-13-26-28/h2-15,23H,16-17H2,1H3,(H2,25,27,29). The van der Waals surface area contributed by atoms with E-state index in [0.717, 1.165) is 22.5 Å². The monoisotopic (exact) mass is 416 g/mol. The molecule has 2 N–H and O–H groups in total. The van der Waals surface area contributed by atoms with Gasteiger partial charge in [-0.25, -0.2) is 4.79 Å². The van der Waals surface area contributed by atoms with Crippen LogP contribution < -0.4 is 10.6 Å². The molecule has 0 bridgehead atoms. The Morgan fingerprint density at radius 2 is 1.80 bits per heavy atom. The molecule has 6 heteroatoms. The lowest BCUT2D eigenvalue weighted by molar-refractivity contribution is 0.238. The Bertz CT molecular complexity index is 1060. The van der Waals surface area contributed by atoms with Crippen LogP contribution in [0, 0.1) is 6.92 Å². The number of amides is 2. The number of aryl methyl sites for hydroxylation is 1. The molecule has 2 heterocycles. The number of urea groups is 1. The van der Waals surface area contributed by atoms with Gasteiger partial charge in [0.2, 0.25) is 0 Å². The first-order valence-electron chi connectivity index (χ1n) is 9.87. The van der Waals surface area contributed by atoms with Crippen LogP contribution in [0.4, 0.5) is 4.79 Å². The zero-order valence-electron chi connectivity index (χ0n) is 16.8. The summed E-state index contributed by atoms with van der Waals surface area (Å²) in [6.45, 7) is 3.27. The minimum absolute atomic E-state index is 0.165. The molecule has 0 aliphatic heterocycles. The molecule has 2 amide bonds. The van der Waals surface area contributed by atoms with Crippen LogP contribution in [-0.4, -0.2) is 15.8 Å². The average molecular weight is 417 g/mol. The molecule has 0 saturated heterocycles. The van der Waals surface area contributed by atoms with Gasteiger partial charge in [-0.15, -0.1) is 11.3 Å². The molecular formula is C24H24N4OS. The Morgan fingerprint density at radius 1 is 1.03 bits per heavy atom. The molecule has 152 valence electrons. The summed E-state index contributed by atoms with van der Waals surface area (Å²) in [4.78, 5) is 13.7. The molecule has 0 aliphatic rings. The molecule has 4 aromatic rings. The Labute approximate surface area is 180 Å². The molecule has 0 aliphatic carbocycles. The largest absolute Gasteiger partial charge is 0.334 e. The second kappa shape index (κ2) is 9.41. The van der Waals surface area contributed by atoms with Crippen LogP contribution in [0.15, 0.2) is 84.5 Å². The van der Waals surface area contributed by atoms with Gasteiger partial charge in [0.05, 0.1) is 12.6 Å². The third-order valence-electron chi connectivity index (χ3n) is 4.89. The van der Waals surface area contributed by atoms with E-state index in [0.29, 0.717) is 6.54 Å². The van der Waals surface area contributed by atoms with E-state index < -0.39 is 0 Å². The molecule has 2 aromatic heterocycles. The Kier molecular flexibility index (Phi) is 6.25. The molecule has 0 radical (unpaired) electrons. The number of aromatic nitrogens is 2. The number of hydrogen-bond acceptors (Lipinski definition) is 3. The first kappa shape index (κ1) is 19.9. The maximum absolute atomic E-state index is 12.6. The average Bonchev–Trinajstić information content (AvgIpc) is 3.47. The lowest BCUT2D eigenvalue weighted by atomic mass is 10.0. The molecule has 1 unspecified atom stereocenters. The normalized spacial score (nSPS) is 11.8. The van der Waals surface area contributed by atoms with Crippen molar-refractivity contribution in [1.29, 1.82) is 0 Å². The summed E-state index contributed by atoms with van der Waals surface area (Å²) >= 11 is 1.64. The molecule has 2 aromatic carbocycles. The van der Waals surface area contributed by atoms with Crippen molar-refractivity contribution < 1.29 is 4.79 Å². The lowest BCUT2D eigenvalue weighted by Crippen LogP contribution is -2.37. The summed E-state index contributed by atoms with van der Waals surface area (Å²) < 4.78 is 1.89. The molecule has 30 heavy (non-hydrogen) atoms. The van der Waals surface area contributed by atoms with Gasteiger partial charge in [0, 0.05) is 23.8 Å². The Hall–Kier alpha value is -3.38. The third-order valence-corrected chi connectivity index (χ3v) is 5.83. The predicted octanol–water partition coefficient (Wildman–Crippen LogP) is 4.89. The molecule has 1 atom stereocenters. The summed E-state index contributed by atoms with van der Waals surface area (Å²) in [6.07, 6.45) is 3.72. The molecule has 0 fully saturated rings. The van der Waals surface area contributed by atoms with Gasteiger partial charge in [-0.1, -0.05) is 60.2 Å². The highest BCUT2D eigenvalue weighted by atomic mass is 32.1. The van der Waals surface area contributed by atoms with Crippen LogP contribution in [0.2, 0.25) is 0 Å². The van der Waals surface area contributed by atoms with E-state index in [2.05, 4.69) is 59.1 Å². The van der Waals surface area contributed by atoms with E-state index >= 15 is 0 Å². The molecule has 0 saturated carbocycles. The maximum atomic E-state index is 12.6. The van der Waals surface area contributed by atoms with E-state index in [-0.39, 0.29) is 12.1 Å². The van der Waals surface area contributed by atoms with Crippen molar-refractivity contribution in [2.45, 2.75) is 26.1 Å². The Morgan fingerprint density at radius 3 is 2.47 bits per heavy atom. The van der Waals surface area contributed by atoms with Gasteiger partial charge >= 0.3 is 6.03 Å². The lowest BCUT2D eigenvalue weighted by Gasteiger charge is -2.19. The van der Waals surface area contributed by atoms with Crippen molar-refractivity contribution in [3.63, 3.8) is 0 Å². The summed E-state index contributed by atoms with van der Waals surface area (Å²) in [5.41, 5.74) is 4.49. The quantitative estimate of drug-likeness (QED) is 0.451. The van der Waals surface area contributed by atoms with Gasteiger partial charge in [0.15, 0.2) is 0 Å². The highest BCUT2D eigenvalue weighted by molar-refractivity contribution is 7.10. The third kappa shape index (κ3) is 5.15. The van der Waals surface area contributed by atoms with Crippen LogP contribution in [0.5, 0.6) is 0 Å². The van der Waals surface area contributed by atoms with Crippen molar-refractivity contribution in [2.75, 3.05) is 0 Å². The van der Waals surface area contributed by atoms with E-state index in [1.807, 2.05) is 46.6 Å². The second-order valence-corrected chi connectivity index (χ2v) is 8.19. The first-order chi connectivity index (χ1) is 14.7. The number of nitrogens with one attached hydrogen (secondary N) is 2. The topological polar surface area (TPSA) is 59.0 Å². The van der Waals surface area contributed by atoms with Gasteiger partial charge in [0.1, 0.15) is 0 Å². The molecule has 0 spiro atoms. The van der Waals surface area contributed by atoms with E-state index in [1.54, 1.807) is 17.5 Å². The zero-order valence-corrected chi connectivity index (χ0v) is 17.6. The summed E-state index contributed by atoms with van der Waals surface area (Å²) in [5, 5.41) is 12.3. The highest BCUT2D eigenvalue weighted by Crippen LogP contribution is 2.26. The minimum atomic E-state index is -0.186. The van der Waals surface area contributed by atoms with Crippen molar-refractivity contribution in [3.8, 4) is 0 Å². The summed E-state index contributed by atoms with van der Waals surface area (Å²) in [5.74, 6) is 0. The van der Waals surface area contributed by atoms with Gasteiger partial charge in [-0.05, 0) is 41.1 Å². The van der Waals surface area contributed by atoms with Crippen LogP contribution in [0.1, 0.15) is 33.2 Å². The number of benzene rings is 2. The van der Waals surface area contributed by atoms with Crippen LogP contribution in [-0.2, 0) is 13.1 Å². The number of rotatable bonds is 7. The van der Waals surface area contributed by atoms with Crippen molar-refractivity contribution >= 4 is 17.4 Å². The van der Waals surface area contributed by atoms with Crippen molar-refractivity contribution in [2.24, 2.45) is 0 Å². The van der Waals surface area contributed by atoms with E-state index in [1.165, 1.54) is 11.1 Å². The number of carbonyl (C=O) groups is 1. The fourth-order valence-electron chi connectivity index (χ4n) is 3.24. The second-order valence-electron chi connectivity index (χ2n) is 7.21. The van der Waals surface area contributed by atoms with Crippen LogP contribution in [0.25, 0.3) is 0 Å². The fourth-order valence-corrected chi connectivity index (χ4v) is 4.04. The molecule has 4 rings (SSSR count). The fraction of sp³-hybridized carbons (Fsp3) is 0.167. The maximum Gasteiger partial charge on any atom is 0.315 e. The van der Waals surface area contributed by atoms with Gasteiger partial charge in [0.25, 0.3) is 0 Å². The predicted molar refractivity (Wildman–Crippen MR) is 120 cm³/mol. The summed E-state index contributed by atoms with van der Waals surface area (Å²) in [6, 6.07) is 22.1. The van der Waals surface area contributed by atoms with Gasteiger partial charge in [-0.2, -0.15) is 5.10 Å². The number of hydrogen-bond donors (Lipinski definition) is 2. The van der Waals surface area contributed by atoms with Crippen LogP contribution in [0.3, 0.4) is 0 Å². The molecule has 5 nitrogen and oxygen atoms in total. The SMILES string of the molecule is Cc1ccc(C(NC(=O)NCc2ccc(Cn3cccn3)cc2)c2cccs2)cc1. The smallest absolute Gasteiger partial charge is 0.315 e. The number of carbonyl (C=O) groups excluding carboxylic acids is 1. The number of thiophene rings is 1. The Balaban J connectivity index is 1.36. The summed E-state index contributed by atoms with van der Waals surface area (Å²) in [7, 11) is 0. The highest BCUT2D eigenvalue weighted by Gasteiger charge is 2.17. The van der Waals surface area contributed by atoms with E-state index in [9.17, 15) is 4.79 Å². The van der Waals surface area contributed by atoms with Gasteiger partial charge < -0.3 is 10.6 Å². The van der Waals surface area contributed by atoms with Crippen LogP contribution >= 0.6 is 11.3 Å². The first-order valence-corrected chi connectivity index (χ1v) is 10.7. The number of nitrogens with zero attached hydrogens (tertiary/aromatic N) is 2. The van der Waals surface area contributed by atoms with Gasteiger partial charge in [-0.3, -0.25) is 4.68 Å². The molecular weight excluding hydrogens is 392 g/mol. The van der Waals surface area contributed by atoms with E-state index in [4.69, 9.17) is 0 Å². The minimum Gasteiger partial charge on any atom is -0.334 e.